The number of amides is 1. The topological polar surface area (TPSA) is 44.8 Å². The molecule has 0 spiro atoms. The summed E-state index contributed by atoms with van der Waals surface area (Å²) in [6.07, 6.45) is 6.37. The van der Waals surface area contributed by atoms with Crippen LogP contribution in [0.1, 0.15) is 32.1 Å². The molecule has 0 saturated carbocycles. The maximum absolute atomic E-state index is 12.6. The molecule has 120 valence electrons. The van der Waals surface area contributed by atoms with Crippen molar-refractivity contribution in [3.8, 4) is 0 Å². The Kier molecular flexibility index (Phi) is 5.14. The van der Waals surface area contributed by atoms with Crippen LogP contribution < -0.4 is 5.32 Å². The van der Waals surface area contributed by atoms with Crippen LogP contribution in [0.25, 0.3) is 0 Å². The number of rotatable bonds is 3. The Morgan fingerprint density at radius 2 is 1.76 bits per heavy atom. The van der Waals surface area contributed by atoms with Crippen LogP contribution in [0.2, 0.25) is 0 Å². The molecule has 0 radical (unpaired) electrons. The van der Waals surface area contributed by atoms with Gasteiger partial charge >= 0.3 is 0 Å². The molecule has 0 aliphatic carbocycles. The van der Waals surface area contributed by atoms with Crippen LogP contribution in [-0.2, 0) is 9.53 Å². The summed E-state index contributed by atoms with van der Waals surface area (Å²) in [6, 6.07) is 0.895. The minimum Gasteiger partial charge on any atom is -0.379 e. The summed E-state index contributed by atoms with van der Waals surface area (Å²) >= 11 is 0. The van der Waals surface area contributed by atoms with Gasteiger partial charge in [0.15, 0.2) is 0 Å². The first-order valence-electron chi connectivity index (χ1n) is 8.57. The summed E-state index contributed by atoms with van der Waals surface area (Å²) in [5.74, 6) is 0.311. The highest BCUT2D eigenvalue weighted by Crippen LogP contribution is 2.23. The lowest BCUT2D eigenvalue weighted by Crippen LogP contribution is -2.51. The maximum Gasteiger partial charge on any atom is 0.229 e. The molecular formula is C16H29N3O2. The molecule has 0 aromatic heterocycles. The van der Waals surface area contributed by atoms with Gasteiger partial charge in [0.1, 0.15) is 0 Å². The zero-order valence-electron chi connectivity index (χ0n) is 13.2. The van der Waals surface area contributed by atoms with Gasteiger partial charge in [0.2, 0.25) is 5.91 Å². The number of carbonyl (C=O) groups excluding carboxylic acids is 1. The summed E-state index contributed by atoms with van der Waals surface area (Å²) in [5, 5.41) is 3.21. The van der Waals surface area contributed by atoms with E-state index >= 15 is 0 Å². The summed E-state index contributed by atoms with van der Waals surface area (Å²) in [4.78, 5) is 17.4. The molecule has 21 heavy (non-hydrogen) atoms. The maximum atomic E-state index is 12.6. The Bertz CT molecular complexity index is 349. The number of hydrogen-bond acceptors (Lipinski definition) is 4. The van der Waals surface area contributed by atoms with Crippen LogP contribution in [0.4, 0.5) is 0 Å². The number of nitrogens with one attached hydrogen (secondary N) is 1. The van der Waals surface area contributed by atoms with Crippen molar-refractivity contribution in [2.75, 3.05) is 46.4 Å². The number of nitrogens with zero attached hydrogens (tertiary/aromatic N) is 2. The molecule has 3 fully saturated rings. The molecule has 1 amide bonds. The molecule has 3 saturated heterocycles. The van der Waals surface area contributed by atoms with Gasteiger partial charge < -0.3 is 19.9 Å². The van der Waals surface area contributed by atoms with E-state index in [0.29, 0.717) is 25.2 Å². The smallest absolute Gasteiger partial charge is 0.229 e. The van der Waals surface area contributed by atoms with E-state index in [2.05, 4.69) is 15.1 Å². The SMILES string of the molecule is CNC1COCC1C(=O)N1CCC(N2CCCCC2)CC1. The van der Waals surface area contributed by atoms with Gasteiger partial charge in [0.25, 0.3) is 0 Å². The number of likely N-dealkylation sites (N-methyl/N-ethyl adjacent to an activating group) is 1. The quantitative estimate of drug-likeness (QED) is 0.832. The molecule has 5 heteroatoms. The zero-order chi connectivity index (χ0) is 14.7. The van der Waals surface area contributed by atoms with Gasteiger partial charge in [-0.3, -0.25) is 4.79 Å². The van der Waals surface area contributed by atoms with E-state index in [9.17, 15) is 4.79 Å². The van der Waals surface area contributed by atoms with Crippen molar-refractivity contribution in [3.05, 3.63) is 0 Å². The van der Waals surface area contributed by atoms with Crippen molar-refractivity contribution in [1.29, 1.82) is 0 Å². The Labute approximate surface area is 128 Å². The lowest BCUT2D eigenvalue weighted by Gasteiger charge is -2.41. The average molecular weight is 295 g/mol. The lowest BCUT2D eigenvalue weighted by molar-refractivity contribution is -0.137. The fraction of sp³-hybridized carbons (Fsp3) is 0.938. The summed E-state index contributed by atoms with van der Waals surface area (Å²) in [5.41, 5.74) is 0. The van der Waals surface area contributed by atoms with Crippen LogP contribution in [-0.4, -0.2) is 74.2 Å². The van der Waals surface area contributed by atoms with Crippen LogP contribution in [0.3, 0.4) is 0 Å². The summed E-state index contributed by atoms with van der Waals surface area (Å²) in [7, 11) is 1.92. The van der Waals surface area contributed by atoms with E-state index < -0.39 is 0 Å². The highest BCUT2D eigenvalue weighted by molar-refractivity contribution is 5.80. The van der Waals surface area contributed by atoms with Gasteiger partial charge in [-0.1, -0.05) is 6.42 Å². The highest BCUT2D eigenvalue weighted by atomic mass is 16.5. The van der Waals surface area contributed by atoms with E-state index in [0.717, 1.165) is 25.9 Å². The highest BCUT2D eigenvalue weighted by Gasteiger charge is 2.37. The first-order valence-corrected chi connectivity index (χ1v) is 8.57. The second-order valence-corrected chi connectivity index (χ2v) is 6.69. The number of ether oxygens (including phenoxy) is 1. The normalized spacial score (nSPS) is 32.5. The van der Waals surface area contributed by atoms with Crippen molar-refractivity contribution < 1.29 is 9.53 Å². The monoisotopic (exact) mass is 295 g/mol. The molecule has 3 aliphatic rings. The van der Waals surface area contributed by atoms with E-state index in [1.807, 2.05) is 7.05 Å². The van der Waals surface area contributed by atoms with Gasteiger partial charge in [-0.2, -0.15) is 0 Å². The van der Waals surface area contributed by atoms with Crippen molar-refractivity contribution in [2.45, 2.75) is 44.2 Å². The summed E-state index contributed by atoms with van der Waals surface area (Å²) in [6.45, 7) is 5.61. The number of likely N-dealkylation sites (tertiary alicyclic amines) is 2. The van der Waals surface area contributed by atoms with Gasteiger partial charge in [-0.15, -0.1) is 0 Å². The minimum atomic E-state index is 0.0153. The molecule has 0 aromatic rings. The minimum absolute atomic E-state index is 0.0153. The van der Waals surface area contributed by atoms with Crippen molar-refractivity contribution in [3.63, 3.8) is 0 Å². The second kappa shape index (κ2) is 7.07. The molecule has 0 bridgehead atoms. The largest absolute Gasteiger partial charge is 0.379 e. The number of hydrogen-bond donors (Lipinski definition) is 1. The van der Waals surface area contributed by atoms with Crippen LogP contribution in [0, 0.1) is 5.92 Å². The van der Waals surface area contributed by atoms with Crippen molar-refractivity contribution in [1.82, 2.24) is 15.1 Å². The fourth-order valence-corrected chi connectivity index (χ4v) is 4.05. The fourth-order valence-electron chi connectivity index (χ4n) is 4.05. The molecule has 3 heterocycles. The molecule has 3 rings (SSSR count). The van der Waals surface area contributed by atoms with Crippen LogP contribution in [0.5, 0.6) is 0 Å². The van der Waals surface area contributed by atoms with Gasteiger partial charge in [0, 0.05) is 25.2 Å². The lowest BCUT2D eigenvalue weighted by atomic mass is 9.97. The molecular weight excluding hydrogens is 266 g/mol. The predicted molar refractivity (Wildman–Crippen MR) is 82.2 cm³/mol. The molecule has 2 unspecified atom stereocenters. The first kappa shape index (κ1) is 15.3. The van der Waals surface area contributed by atoms with E-state index in [1.54, 1.807) is 0 Å². The average Bonchev–Trinajstić information content (AvgIpc) is 3.04. The van der Waals surface area contributed by atoms with E-state index in [4.69, 9.17) is 4.74 Å². The van der Waals surface area contributed by atoms with Gasteiger partial charge in [-0.05, 0) is 45.8 Å². The molecule has 2 atom stereocenters. The molecule has 3 aliphatic heterocycles. The Hall–Kier alpha value is -0.650. The van der Waals surface area contributed by atoms with E-state index in [1.165, 1.54) is 32.4 Å². The number of carbonyl (C=O) groups is 1. The zero-order valence-corrected chi connectivity index (χ0v) is 13.2. The molecule has 5 nitrogen and oxygen atoms in total. The Balaban J connectivity index is 1.49. The summed E-state index contributed by atoms with van der Waals surface area (Å²) < 4.78 is 5.47. The van der Waals surface area contributed by atoms with Gasteiger partial charge in [-0.25, -0.2) is 0 Å². The third-order valence-electron chi connectivity index (χ3n) is 5.45. The first-order chi connectivity index (χ1) is 10.3. The van der Waals surface area contributed by atoms with Crippen LogP contribution >= 0.6 is 0 Å². The molecule has 0 aromatic carbocycles. The second-order valence-electron chi connectivity index (χ2n) is 6.69. The standard InChI is InChI=1S/C16H29N3O2/c1-17-15-12-21-11-14(15)16(20)19-9-5-13(6-10-19)18-7-3-2-4-8-18/h13-15,17H,2-12H2,1H3. The van der Waals surface area contributed by atoms with Crippen molar-refractivity contribution >= 4 is 5.91 Å². The number of piperidine rings is 2. The van der Waals surface area contributed by atoms with E-state index in [-0.39, 0.29) is 12.0 Å². The Morgan fingerprint density at radius 3 is 2.43 bits per heavy atom. The molecule has 1 N–H and O–H groups in total. The predicted octanol–water partition coefficient (Wildman–Crippen LogP) is 0.698. The Morgan fingerprint density at radius 1 is 1.05 bits per heavy atom. The third kappa shape index (κ3) is 3.41. The van der Waals surface area contributed by atoms with Gasteiger partial charge in [0.05, 0.1) is 19.1 Å². The van der Waals surface area contributed by atoms with Crippen LogP contribution in [0.15, 0.2) is 0 Å². The van der Waals surface area contributed by atoms with Crippen molar-refractivity contribution in [2.24, 2.45) is 5.92 Å². The third-order valence-corrected chi connectivity index (χ3v) is 5.45.